The first kappa shape index (κ1) is 17.3. The van der Waals surface area contributed by atoms with Gasteiger partial charge in [-0.15, -0.1) is 0 Å². The van der Waals surface area contributed by atoms with Gasteiger partial charge in [0.15, 0.2) is 6.61 Å². The third kappa shape index (κ3) is 3.56. The molecule has 6 heteroatoms. The summed E-state index contributed by atoms with van der Waals surface area (Å²) in [5.74, 6) is 1.12. The molecule has 27 heavy (non-hydrogen) atoms. The lowest BCUT2D eigenvalue weighted by molar-refractivity contribution is -0.123. The second-order valence-electron chi connectivity index (χ2n) is 6.76. The molecule has 138 valence electrons. The first-order valence-electron chi connectivity index (χ1n) is 9.12. The zero-order chi connectivity index (χ0) is 18.8. The molecule has 1 atom stereocenters. The molecule has 1 aliphatic heterocycles. The molecule has 0 fully saturated rings. The molecule has 0 saturated carbocycles. The van der Waals surface area contributed by atoms with Crippen molar-refractivity contribution in [1.82, 2.24) is 14.9 Å². The Morgan fingerprint density at radius 1 is 1.26 bits per heavy atom. The summed E-state index contributed by atoms with van der Waals surface area (Å²) in [7, 11) is 0. The molecule has 0 spiro atoms. The van der Waals surface area contributed by atoms with E-state index < -0.39 is 0 Å². The number of benzene rings is 2. The van der Waals surface area contributed by atoms with Gasteiger partial charge in [-0.2, -0.15) is 0 Å². The third-order valence-electron chi connectivity index (χ3n) is 4.83. The number of aromatic nitrogens is 2. The molecule has 1 aromatic heterocycles. The maximum Gasteiger partial charge on any atom is 0.261 e. The first-order chi connectivity index (χ1) is 13.1. The number of nitrogens with zero attached hydrogens (tertiary/aromatic N) is 2. The standard InChI is InChI=1S/C21H21N3O3/c1-14(15-6-3-2-4-7-15)22-20(25)13-27-16-9-10-18-17(12-16)21(26)24-11-5-8-19(24)23-18/h2-4,6-7,9-10,12,14H,5,8,11,13H2,1H3,(H,22,25)/t14-/m1/s1. The number of rotatable bonds is 5. The zero-order valence-electron chi connectivity index (χ0n) is 15.1. The number of aryl methyl sites for hydroxylation is 1. The average Bonchev–Trinajstić information content (AvgIpc) is 3.16. The van der Waals surface area contributed by atoms with Crippen molar-refractivity contribution in [2.45, 2.75) is 32.4 Å². The zero-order valence-corrected chi connectivity index (χ0v) is 15.1. The van der Waals surface area contributed by atoms with Gasteiger partial charge in [0.2, 0.25) is 0 Å². The Hall–Kier alpha value is -3.15. The van der Waals surface area contributed by atoms with Gasteiger partial charge in [-0.3, -0.25) is 14.2 Å². The number of hydrogen-bond donors (Lipinski definition) is 1. The van der Waals surface area contributed by atoms with Gasteiger partial charge in [0.1, 0.15) is 11.6 Å². The number of ether oxygens (including phenoxy) is 1. The highest BCUT2D eigenvalue weighted by molar-refractivity contribution is 5.80. The van der Waals surface area contributed by atoms with Crippen molar-refractivity contribution in [1.29, 1.82) is 0 Å². The Balaban J connectivity index is 1.44. The average molecular weight is 363 g/mol. The molecule has 1 amide bonds. The summed E-state index contributed by atoms with van der Waals surface area (Å²) < 4.78 is 7.32. The quantitative estimate of drug-likeness (QED) is 0.756. The van der Waals surface area contributed by atoms with Crippen LogP contribution in [0.1, 0.15) is 30.8 Å². The minimum absolute atomic E-state index is 0.0416. The smallest absolute Gasteiger partial charge is 0.261 e. The molecule has 0 saturated heterocycles. The van der Waals surface area contributed by atoms with E-state index in [1.807, 2.05) is 37.3 Å². The molecule has 1 aliphatic rings. The number of carbonyl (C=O) groups is 1. The summed E-state index contributed by atoms with van der Waals surface area (Å²) in [5, 5.41) is 3.43. The van der Waals surface area contributed by atoms with Crippen molar-refractivity contribution in [2.24, 2.45) is 0 Å². The van der Waals surface area contributed by atoms with Crippen LogP contribution in [-0.4, -0.2) is 22.1 Å². The van der Waals surface area contributed by atoms with Gasteiger partial charge in [0.25, 0.3) is 11.5 Å². The van der Waals surface area contributed by atoms with Gasteiger partial charge in [-0.25, -0.2) is 4.98 Å². The number of fused-ring (bicyclic) bond motifs is 2. The van der Waals surface area contributed by atoms with Crippen molar-refractivity contribution >= 4 is 16.8 Å². The summed E-state index contributed by atoms with van der Waals surface area (Å²) in [6.45, 7) is 2.53. The highest BCUT2D eigenvalue weighted by Crippen LogP contribution is 2.20. The lowest BCUT2D eigenvalue weighted by Crippen LogP contribution is -2.31. The Kier molecular flexibility index (Phi) is 4.62. The van der Waals surface area contributed by atoms with Crippen LogP contribution < -0.4 is 15.6 Å². The van der Waals surface area contributed by atoms with Crippen molar-refractivity contribution < 1.29 is 9.53 Å². The van der Waals surface area contributed by atoms with E-state index in [-0.39, 0.29) is 24.1 Å². The minimum Gasteiger partial charge on any atom is -0.484 e. The normalized spacial score (nSPS) is 14.0. The lowest BCUT2D eigenvalue weighted by atomic mass is 10.1. The summed E-state index contributed by atoms with van der Waals surface area (Å²) >= 11 is 0. The van der Waals surface area contributed by atoms with Crippen LogP contribution in [0.4, 0.5) is 0 Å². The van der Waals surface area contributed by atoms with Crippen LogP contribution in [0, 0.1) is 0 Å². The highest BCUT2D eigenvalue weighted by atomic mass is 16.5. The molecule has 4 rings (SSSR count). The molecule has 0 unspecified atom stereocenters. The van der Waals surface area contributed by atoms with E-state index in [1.165, 1.54) is 0 Å². The van der Waals surface area contributed by atoms with E-state index in [2.05, 4.69) is 10.3 Å². The van der Waals surface area contributed by atoms with Crippen molar-refractivity contribution in [3.63, 3.8) is 0 Å². The molecule has 2 aromatic carbocycles. The molecule has 3 aromatic rings. The fourth-order valence-corrected chi connectivity index (χ4v) is 3.41. The van der Waals surface area contributed by atoms with Crippen molar-refractivity contribution in [3.05, 3.63) is 70.3 Å². The van der Waals surface area contributed by atoms with Crippen LogP contribution in [0.15, 0.2) is 53.3 Å². The van der Waals surface area contributed by atoms with Crippen LogP contribution in [0.3, 0.4) is 0 Å². The molecular formula is C21H21N3O3. The predicted octanol–water partition coefficient (Wildman–Crippen LogP) is 2.60. The molecule has 0 aliphatic carbocycles. The second kappa shape index (κ2) is 7.23. The number of carbonyl (C=O) groups excluding carboxylic acids is 1. The maximum atomic E-state index is 12.6. The van der Waals surface area contributed by atoms with Crippen molar-refractivity contribution in [3.8, 4) is 5.75 Å². The van der Waals surface area contributed by atoms with Gasteiger partial charge >= 0.3 is 0 Å². The van der Waals surface area contributed by atoms with E-state index in [0.29, 0.717) is 23.2 Å². The molecule has 6 nitrogen and oxygen atoms in total. The highest BCUT2D eigenvalue weighted by Gasteiger charge is 2.16. The number of nitrogens with one attached hydrogen (secondary N) is 1. The van der Waals surface area contributed by atoms with Crippen LogP contribution >= 0.6 is 0 Å². The van der Waals surface area contributed by atoms with E-state index in [1.54, 1.807) is 22.8 Å². The van der Waals surface area contributed by atoms with Gasteiger partial charge < -0.3 is 10.1 Å². The Bertz CT molecular complexity index is 1040. The fraction of sp³-hybridized carbons (Fsp3) is 0.286. The maximum absolute atomic E-state index is 12.6. The van der Waals surface area contributed by atoms with Gasteiger partial charge in [-0.05, 0) is 37.1 Å². The van der Waals surface area contributed by atoms with E-state index in [4.69, 9.17) is 4.74 Å². The van der Waals surface area contributed by atoms with Gasteiger partial charge in [-0.1, -0.05) is 30.3 Å². The molecule has 0 bridgehead atoms. The summed E-state index contributed by atoms with van der Waals surface area (Å²) in [6.07, 6.45) is 1.78. The number of amides is 1. The molecule has 2 heterocycles. The fourth-order valence-electron chi connectivity index (χ4n) is 3.41. The SMILES string of the molecule is C[C@@H](NC(=O)COc1ccc2nc3n(c(=O)c2c1)CCC3)c1ccccc1. The Labute approximate surface area is 156 Å². The predicted molar refractivity (Wildman–Crippen MR) is 103 cm³/mol. The van der Waals surface area contributed by atoms with Crippen LogP contribution in [0.5, 0.6) is 5.75 Å². The van der Waals surface area contributed by atoms with Crippen LogP contribution in [-0.2, 0) is 17.8 Å². The third-order valence-corrected chi connectivity index (χ3v) is 4.83. The van der Waals surface area contributed by atoms with Crippen molar-refractivity contribution in [2.75, 3.05) is 6.61 Å². The summed E-state index contributed by atoms with van der Waals surface area (Å²) in [4.78, 5) is 29.3. The van der Waals surface area contributed by atoms with Crippen LogP contribution in [0.25, 0.3) is 10.9 Å². The van der Waals surface area contributed by atoms with E-state index in [9.17, 15) is 9.59 Å². The summed E-state index contributed by atoms with van der Waals surface area (Å²) in [5.41, 5.74) is 1.66. The molecule has 1 N–H and O–H groups in total. The minimum atomic E-state index is -0.213. The Morgan fingerprint density at radius 2 is 2.07 bits per heavy atom. The topological polar surface area (TPSA) is 73.2 Å². The van der Waals surface area contributed by atoms with Gasteiger partial charge in [0.05, 0.1) is 16.9 Å². The number of hydrogen-bond acceptors (Lipinski definition) is 4. The van der Waals surface area contributed by atoms with Crippen LogP contribution in [0.2, 0.25) is 0 Å². The second-order valence-corrected chi connectivity index (χ2v) is 6.76. The molecule has 0 radical (unpaired) electrons. The first-order valence-corrected chi connectivity index (χ1v) is 9.12. The Morgan fingerprint density at radius 3 is 2.89 bits per heavy atom. The van der Waals surface area contributed by atoms with E-state index >= 15 is 0 Å². The lowest BCUT2D eigenvalue weighted by Gasteiger charge is -2.14. The largest absolute Gasteiger partial charge is 0.484 e. The van der Waals surface area contributed by atoms with E-state index in [0.717, 1.165) is 24.2 Å². The monoisotopic (exact) mass is 363 g/mol. The van der Waals surface area contributed by atoms with Gasteiger partial charge in [0, 0.05) is 13.0 Å². The summed E-state index contributed by atoms with van der Waals surface area (Å²) in [6, 6.07) is 14.8. The molecular weight excluding hydrogens is 342 g/mol.